The molecule has 1 saturated carbocycles. The normalized spacial score (nSPS) is 19.2. The highest BCUT2D eigenvalue weighted by Gasteiger charge is 2.37. The summed E-state index contributed by atoms with van der Waals surface area (Å²) in [7, 11) is 0. The molecule has 2 fully saturated rings. The van der Waals surface area contributed by atoms with E-state index in [1.807, 2.05) is 59.5 Å². The lowest BCUT2D eigenvalue weighted by molar-refractivity contribution is -0.124. The van der Waals surface area contributed by atoms with Crippen molar-refractivity contribution in [3.63, 3.8) is 0 Å². The Morgan fingerprint density at radius 2 is 1.90 bits per heavy atom. The number of hydrogen-bond acceptors (Lipinski definition) is 4. The average Bonchev–Trinajstić information content (AvgIpc) is 3.02. The SMILES string of the molecule is O=C1/C(=C/c2ccc(OCc3ccccc3)c(Br)c2)SC(=S)N1C1CCCCC1. The van der Waals surface area contributed by atoms with Gasteiger partial charge in [0.15, 0.2) is 0 Å². The minimum Gasteiger partial charge on any atom is -0.488 e. The van der Waals surface area contributed by atoms with E-state index >= 15 is 0 Å². The van der Waals surface area contributed by atoms with Gasteiger partial charge in [0.05, 0.1) is 9.38 Å². The molecule has 2 aromatic rings. The Kier molecular flexibility index (Phi) is 6.73. The molecule has 1 aliphatic heterocycles. The molecule has 0 spiro atoms. The van der Waals surface area contributed by atoms with Crippen LogP contribution < -0.4 is 4.74 Å². The molecule has 4 rings (SSSR count). The highest BCUT2D eigenvalue weighted by atomic mass is 79.9. The van der Waals surface area contributed by atoms with E-state index in [1.165, 1.54) is 31.0 Å². The third kappa shape index (κ3) is 4.93. The van der Waals surface area contributed by atoms with Crippen molar-refractivity contribution in [2.24, 2.45) is 0 Å². The fraction of sp³-hybridized carbons (Fsp3) is 0.304. The van der Waals surface area contributed by atoms with Gasteiger partial charge in [0.25, 0.3) is 5.91 Å². The molecule has 0 unspecified atom stereocenters. The Balaban J connectivity index is 1.46. The Bertz CT molecular complexity index is 939. The summed E-state index contributed by atoms with van der Waals surface area (Å²) in [6.45, 7) is 0.513. The molecule has 1 aliphatic carbocycles. The van der Waals surface area contributed by atoms with Gasteiger partial charge >= 0.3 is 0 Å². The van der Waals surface area contributed by atoms with Gasteiger partial charge in [-0.3, -0.25) is 9.69 Å². The van der Waals surface area contributed by atoms with Crippen LogP contribution in [-0.4, -0.2) is 21.2 Å². The van der Waals surface area contributed by atoms with E-state index in [1.54, 1.807) is 0 Å². The maximum Gasteiger partial charge on any atom is 0.266 e. The van der Waals surface area contributed by atoms with Crippen LogP contribution in [0, 0.1) is 0 Å². The van der Waals surface area contributed by atoms with Gasteiger partial charge < -0.3 is 4.74 Å². The van der Waals surface area contributed by atoms with Crippen LogP contribution in [0.4, 0.5) is 0 Å². The molecule has 6 heteroatoms. The topological polar surface area (TPSA) is 29.5 Å². The summed E-state index contributed by atoms with van der Waals surface area (Å²) in [6.07, 6.45) is 7.65. The molecule has 2 aliphatic rings. The smallest absolute Gasteiger partial charge is 0.266 e. The quantitative estimate of drug-likeness (QED) is 0.352. The molecular weight excluding hydrogens is 466 g/mol. The fourth-order valence-electron chi connectivity index (χ4n) is 3.74. The summed E-state index contributed by atoms with van der Waals surface area (Å²) in [5.74, 6) is 0.827. The minimum absolute atomic E-state index is 0.0485. The number of carbonyl (C=O) groups is 1. The van der Waals surface area contributed by atoms with Crippen LogP contribution >= 0.6 is 39.9 Å². The first-order valence-electron chi connectivity index (χ1n) is 9.85. The average molecular weight is 488 g/mol. The van der Waals surface area contributed by atoms with E-state index in [0.29, 0.717) is 15.8 Å². The first-order chi connectivity index (χ1) is 14.1. The van der Waals surface area contributed by atoms with E-state index in [2.05, 4.69) is 15.9 Å². The molecule has 1 heterocycles. The molecule has 150 valence electrons. The van der Waals surface area contributed by atoms with Crippen LogP contribution in [0.5, 0.6) is 5.75 Å². The fourth-order valence-corrected chi connectivity index (χ4v) is 5.66. The predicted molar refractivity (Wildman–Crippen MR) is 127 cm³/mol. The first kappa shape index (κ1) is 20.6. The highest BCUT2D eigenvalue weighted by Crippen LogP contribution is 2.38. The summed E-state index contributed by atoms with van der Waals surface area (Å²) < 4.78 is 7.47. The van der Waals surface area contributed by atoms with Crippen LogP contribution in [0.3, 0.4) is 0 Å². The molecular formula is C23H22BrNO2S2. The molecule has 29 heavy (non-hydrogen) atoms. The van der Waals surface area contributed by atoms with Crippen molar-refractivity contribution in [3.8, 4) is 5.75 Å². The van der Waals surface area contributed by atoms with Crippen molar-refractivity contribution < 1.29 is 9.53 Å². The monoisotopic (exact) mass is 487 g/mol. The Morgan fingerprint density at radius 3 is 2.62 bits per heavy atom. The van der Waals surface area contributed by atoms with Gasteiger partial charge in [-0.1, -0.05) is 79.6 Å². The number of amides is 1. The minimum atomic E-state index is 0.0485. The molecule has 1 amide bonds. The number of thiocarbonyl (C=S) groups is 1. The van der Waals surface area contributed by atoms with Gasteiger partial charge in [-0.25, -0.2) is 0 Å². The van der Waals surface area contributed by atoms with Crippen LogP contribution in [0.25, 0.3) is 6.08 Å². The number of hydrogen-bond donors (Lipinski definition) is 0. The molecule has 0 N–H and O–H groups in total. The van der Waals surface area contributed by atoms with Gasteiger partial charge in [0.1, 0.15) is 16.7 Å². The van der Waals surface area contributed by atoms with Crippen LogP contribution in [0.1, 0.15) is 43.2 Å². The summed E-state index contributed by atoms with van der Waals surface area (Å²) in [5, 5.41) is 0. The Labute approximate surface area is 189 Å². The lowest BCUT2D eigenvalue weighted by atomic mass is 9.94. The molecule has 0 radical (unpaired) electrons. The lowest BCUT2D eigenvalue weighted by Gasteiger charge is -2.29. The maximum absolute atomic E-state index is 12.9. The number of benzene rings is 2. The number of halogens is 1. The van der Waals surface area contributed by atoms with Crippen LogP contribution in [0.2, 0.25) is 0 Å². The van der Waals surface area contributed by atoms with Gasteiger partial charge in [-0.05, 0) is 58.1 Å². The molecule has 1 saturated heterocycles. The van der Waals surface area contributed by atoms with E-state index in [-0.39, 0.29) is 11.9 Å². The largest absolute Gasteiger partial charge is 0.488 e. The zero-order valence-corrected chi connectivity index (χ0v) is 19.2. The third-order valence-electron chi connectivity index (χ3n) is 5.25. The summed E-state index contributed by atoms with van der Waals surface area (Å²) >= 11 is 10.5. The van der Waals surface area contributed by atoms with Crippen molar-refractivity contribution in [2.75, 3.05) is 0 Å². The summed E-state index contributed by atoms with van der Waals surface area (Å²) in [5.41, 5.74) is 2.07. The second kappa shape index (κ2) is 9.45. The van der Waals surface area contributed by atoms with E-state index < -0.39 is 0 Å². The third-order valence-corrected chi connectivity index (χ3v) is 7.20. The van der Waals surface area contributed by atoms with E-state index in [4.69, 9.17) is 17.0 Å². The number of ether oxygens (including phenoxy) is 1. The van der Waals surface area contributed by atoms with Crippen molar-refractivity contribution in [1.29, 1.82) is 0 Å². The second-order valence-corrected chi connectivity index (χ2v) is 9.84. The standard InChI is InChI=1S/C23H22BrNO2S2/c24-19-13-17(11-12-20(19)27-15-16-7-3-1-4-8-16)14-21-22(26)25(23(28)29-21)18-9-5-2-6-10-18/h1,3-4,7-8,11-14,18H,2,5-6,9-10,15H2/b21-14-. The second-order valence-electron chi connectivity index (χ2n) is 7.31. The van der Waals surface area contributed by atoms with Crippen molar-refractivity contribution in [2.45, 2.75) is 44.8 Å². The molecule has 0 aromatic heterocycles. The van der Waals surface area contributed by atoms with Crippen LogP contribution in [-0.2, 0) is 11.4 Å². The molecule has 3 nitrogen and oxygen atoms in total. The number of carbonyl (C=O) groups excluding carboxylic acids is 1. The van der Waals surface area contributed by atoms with Gasteiger partial charge in [-0.15, -0.1) is 0 Å². The van der Waals surface area contributed by atoms with Crippen molar-refractivity contribution in [3.05, 3.63) is 69.0 Å². The first-order valence-corrected chi connectivity index (χ1v) is 11.9. The Hall–Kier alpha value is -1.63. The van der Waals surface area contributed by atoms with Gasteiger partial charge in [-0.2, -0.15) is 0 Å². The molecule has 0 atom stereocenters. The van der Waals surface area contributed by atoms with Gasteiger partial charge in [0.2, 0.25) is 0 Å². The van der Waals surface area contributed by atoms with Crippen LogP contribution in [0.15, 0.2) is 57.9 Å². The van der Waals surface area contributed by atoms with E-state index in [0.717, 1.165) is 34.2 Å². The van der Waals surface area contributed by atoms with Gasteiger partial charge in [0, 0.05) is 6.04 Å². The highest BCUT2D eigenvalue weighted by molar-refractivity contribution is 9.10. The molecule has 2 aromatic carbocycles. The van der Waals surface area contributed by atoms with Crippen molar-refractivity contribution >= 4 is 56.2 Å². The Morgan fingerprint density at radius 1 is 1.14 bits per heavy atom. The summed E-state index contributed by atoms with van der Waals surface area (Å²) in [4.78, 5) is 15.5. The zero-order chi connectivity index (χ0) is 20.2. The van der Waals surface area contributed by atoms with E-state index in [9.17, 15) is 4.79 Å². The lowest BCUT2D eigenvalue weighted by Crippen LogP contribution is -2.39. The number of rotatable bonds is 5. The molecule has 0 bridgehead atoms. The number of nitrogens with zero attached hydrogens (tertiary/aromatic N) is 1. The summed E-state index contributed by atoms with van der Waals surface area (Å²) in [6, 6.07) is 16.2. The number of thioether (sulfide) groups is 1. The zero-order valence-electron chi connectivity index (χ0n) is 16.0. The van der Waals surface area contributed by atoms with Crippen molar-refractivity contribution in [1.82, 2.24) is 4.90 Å². The maximum atomic E-state index is 12.9. The predicted octanol–water partition coefficient (Wildman–Crippen LogP) is 6.56.